The van der Waals surface area contributed by atoms with Gasteiger partial charge in [-0.25, -0.2) is 0 Å². The van der Waals surface area contributed by atoms with Gasteiger partial charge in [0.1, 0.15) is 5.75 Å². The van der Waals surface area contributed by atoms with Crippen molar-refractivity contribution in [2.45, 2.75) is 64.1 Å². The van der Waals surface area contributed by atoms with Crippen molar-refractivity contribution in [2.24, 2.45) is 5.92 Å². The van der Waals surface area contributed by atoms with Gasteiger partial charge in [-0.2, -0.15) is 0 Å². The van der Waals surface area contributed by atoms with E-state index in [4.69, 9.17) is 4.74 Å². The Labute approximate surface area is 144 Å². The highest BCUT2D eigenvalue weighted by atomic mass is 79.9. The largest absolute Gasteiger partial charge is 0.488 e. The van der Waals surface area contributed by atoms with Crippen molar-refractivity contribution in [1.29, 1.82) is 0 Å². The summed E-state index contributed by atoms with van der Waals surface area (Å²) >= 11 is 7.35. The van der Waals surface area contributed by atoms with Crippen LogP contribution in [0.1, 0.15) is 51.0 Å². The zero-order valence-electron chi connectivity index (χ0n) is 12.5. The zero-order valence-corrected chi connectivity index (χ0v) is 15.7. The second-order valence-electron chi connectivity index (χ2n) is 6.54. The summed E-state index contributed by atoms with van der Waals surface area (Å²) in [6, 6.07) is 5.10. The van der Waals surface area contributed by atoms with E-state index in [1.807, 2.05) is 0 Å². The maximum atomic E-state index is 6.24. The van der Waals surface area contributed by atoms with Gasteiger partial charge in [-0.1, -0.05) is 6.92 Å². The molecule has 21 heavy (non-hydrogen) atoms. The molecular formula is C17H23Br2NO. The van der Waals surface area contributed by atoms with Gasteiger partial charge in [0.25, 0.3) is 0 Å². The first-order chi connectivity index (χ1) is 10.1. The number of hydrogen-bond acceptors (Lipinski definition) is 2. The lowest BCUT2D eigenvalue weighted by molar-refractivity contribution is 0.134. The SMILES string of the molecule is CC1CCC(Oc2c(Br)cc(CNC3CC3)cc2Br)CC1. The van der Waals surface area contributed by atoms with E-state index >= 15 is 0 Å². The number of nitrogens with one attached hydrogen (secondary N) is 1. The Morgan fingerprint density at radius 2 is 1.67 bits per heavy atom. The summed E-state index contributed by atoms with van der Waals surface area (Å²) in [4.78, 5) is 0. The van der Waals surface area contributed by atoms with Crippen LogP contribution in [0, 0.1) is 5.92 Å². The van der Waals surface area contributed by atoms with E-state index in [0.717, 1.165) is 33.2 Å². The van der Waals surface area contributed by atoms with Crippen molar-refractivity contribution < 1.29 is 4.74 Å². The van der Waals surface area contributed by atoms with Crippen LogP contribution in [0.2, 0.25) is 0 Å². The van der Waals surface area contributed by atoms with Gasteiger partial charge in [0, 0.05) is 12.6 Å². The van der Waals surface area contributed by atoms with Gasteiger partial charge in [0.05, 0.1) is 15.0 Å². The topological polar surface area (TPSA) is 21.3 Å². The summed E-state index contributed by atoms with van der Waals surface area (Å²) in [5.41, 5.74) is 1.30. The van der Waals surface area contributed by atoms with Crippen molar-refractivity contribution in [3.8, 4) is 5.75 Å². The second-order valence-corrected chi connectivity index (χ2v) is 8.25. The normalized spacial score (nSPS) is 25.9. The molecule has 116 valence electrons. The maximum Gasteiger partial charge on any atom is 0.148 e. The minimum atomic E-state index is 0.365. The van der Waals surface area contributed by atoms with Crippen LogP contribution in [-0.4, -0.2) is 12.1 Å². The number of rotatable bonds is 5. The maximum absolute atomic E-state index is 6.24. The molecule has 2 saturated carbocycles. The molecule has 0 heterocycles. The molecule has 2 aliphatic carbocycles. The van der Waals surface area contributed by atoms with E-state index in [1.54, 1.807) is 0 Å². The lowest BCUT2D eigenvalue weighted by atomic mass is 9.89. The van der Waals surface area contributed by atoms with Crippen molar-refractivity contribution in [1.82, 2.24) is 5.32 Å². The average Bonchev–Trinajstić information content (AvgIpc) is 3.27. The first kappa shape index (κ1) is 15.8. The predicted octanol–water partition coefficient (Wildman–Crippen LogP) is 5.42. The lowest BCUT2D eigenvalue weighted by Gasteiger charge is -2.27. The molecule has 0 radical (unpaired) electrons. The molecule has 0 saturated heterocycles. The van der Waals surface area contributed by atoms with Crippen molar-refractivity contribution >= 4 is 31.9 Å². The molecule has 0 atom stereocenters. The molecule has 0 amide bonds. The third-order valence-electron chi connectivity index (χ3n) is 4.48. The fourth-order valence-electron chi connectivity index (χ4n) is 2.89. The quantitative estimate of drug-likeness (QED) is 0.691. The Morgan fingerprint density at radius 1 is 1.05 bits per heavy atom. The summed E-state index contributed by atoms with van der Waals surface area (Å²) < 4.78 is 8.36. The molecular weight excluding hydrogens is 394 g/mol. The minimum absolute atomic E-state index is 0.365. The van der Waals surface area contributed by atoms with Crippen LogP contribution < -0.4 is 10.1 Å². The molecule has 1 aromatic carbocycles. The van der Waals surface area contributed by atoms with Crippen molar-refractivity contribution in [3.05, 3.63) is 26.6 Å². The van der Waals surface area contributed by atoms with Crippen LogP contribution in [0.25, 0.3) is 0 Å². The van der Waals surface area contributed by atoms with Gasteiger partial charge in [-0.3, -0.25) is 0 Å². The molecule has 0 aromatic heterocycles. The van der Waals surface area contributed by atoms with Crippen LogP contribution in [0.4, 0.5) is 0 Å². The van der Waals surface area contributed by atoms with Crippen LogP contribution >= 0.6 is 31.9 Å². The standard InChI is InChI=1S/C17H23Br2NO/c1-11-2-6-14(7-3-11)21-17-15(18)8-12(9-16(17)19)10-20-13-4-5-13/h8-9,11,13-14,20H,2-7,10H2,1H3. The average molecular weight is 417 g/mol. The van der Waals surface area contributed by atoms with E-state index in [1.165, 1.54) is 44.1 Å². The van der Waals surface area contributed by atoms with Crippen molar-refractivity contribution in [3.63, 3.8) is 0 Å². The smallest absolute Gasteiger partial charge is 0.148 e. The Bertz CT molecular complexity index is 471. The van der Waals surface area contributed by atoms with Gasteiger partial charge in [0.15, 0.2) is 0 Å². The molecule has 1 aromatic rings. The highest BCUT2D eigenvalue weighted by molar-refractivity contribution is 9.11. The molecule has 2 nitrogen and oxygen atoms in total. The minimum Gasteiger partial charge on any atom is -0.488 e. The van der Waals surface area contributed by atoms with E-state index in [2.05, 4.69) is 56.2 Å². The van der Waals surface area contributed by atoms with Gasteiger partial charge >= 0.3 is 0 Å². The molecule has 3 rings (SSSR count). The first-order valence-electron chi connectivity index (χ1n) is 8.00. The fraction of sp³-hybridized carbons (Fsp3) is 0.647. The molecule has 2 fully saturated rings. The fourth-order valence-corrected chi connectivity index (χ4v) is 4.36. The van der Waals surface area contributed by atoms with Crippen molar-refractivity contribution in [2.75, 3.05) is 0 Å². The van der Waals surface area contributed by atoms with Crippen LogP contribution in [0.3, 0.4) is 0 Å². The summed E-state index contributed by atoms with van der Waals surface area (Å²) in [6.45, 7) is 3.27. The summed E-state index contributed by atoms with van der Waals surface area (Å²) in [7, 11) is 0. The monoisotopic (exact) mass is 415 g/mol. The summed E-state index contributed by atoms with van der Waals surface area (Å²) in [5, 5.41) is 3.55. The molecule has 0 bridgehead atoms. The zero-order chi connectivity index (χ0) is 14.8. The van der Waals surface area contributed by atoms with E-state index < -0.39 is 0 Å². The van der Waals surface area contributed by atoms with E-state index in [-0.39, 0.29) is 0 Å². The number of benzene rings is 1. The Kier molecular flexibility index (Phi) is 5.28. The number of ether oxygens (including phenoxy) is 1. The highest BCUT2D eigenvalue weighted by Gasteiger charge is 2.22. The second kappa shape index (κ2) is 7.01. The molecule has 0 unspecified atom stereocenters. The number of hydrogen-bond donors (Lipinski definition) is 1. The Morgan fingerprint density at radius 3 is 2.24 bits per heavy atom. The number of halogens is 2. The third kappa shape index (κ3) is 4.46. The van der Waals surface area contributed by atoms with Gasteiger partial charge in [-0.15, -0.1) is 0 Å². The van der Waals surface area contributed by atoms with Gasteiger partial charge in [0.2, 0.25) is 0 Å². The first-order valence-corrected chi connectivity index (χ1v) is 9.58. The molecule has 2 aliphatic rings. The molecule has 0 spiro atoms. The third-order valence-corrected chi connectivity index (χ3v) is 5.66. The molecule has 4 heteroatoms. The van der Waals surface area contributed by atoms with Crippen LogP contribution in [0.15, 0.2) is 21.1 Å². The highest BCUT2D eigenvalue weighted by Crippen LogP contribution is 2.38. The van der Waals surface area contributed by atoms with E-state index in [0.29, 0.717) is 6.10 Å². The van der Waals surface area contributed by atoms with Gasteiger partial charge in [-0.05, 0) is 94.0 Å². The summed E-state index contributed by atoms with van der Waals surface area (Å²) in [6.07, 6.45) is 7.92. The Balaban J connectivity index is 1.64. The van der Waals surface area contributed by atoms with Crippen LogP contribution in [-0.2, 0) is 6.54 Å². The predicted molar refractivity (Wildman–Crippen MR) is 93.8 cm³/mol. The van der Waals surface area contributed by atoms with Gasteiger partial charge < -0.3 is 10.1 Å². The summed E-state index contributed by atoms with van der Waals surface area (Å²) in [5.74, 6) is 1.82. The molecule has 1 N–H and O–H groups in total. The van der Waals surface area contributed by atoms with Crippen LogP contribution in [0.5, 0.6) is 5.75 Å². The molecule has 0 aliphatic heterocycles. The lowest BCUT2D eigenvalue weighted by Crippen LogP contribution is -2.23. The Hall–Kier alpha value is -0.0600. The van der Waals surface area contributed by atoms with E-state index in [9.17, 15) is 0 Å².